The van der Waals surface area contributed by atoms with Gasteiger partial charge >= 0.3 is 12.1 Å². The molecule has 0 spiro atoms. The van der Waals surface area contributed by atoms with Gasteiger partial charge in [0.2, 0.25) is 0 Å². The van der Waals surface area contributed by atoms with E-state index in [-0.39, 0.29) is 41.5 Å². The third-order valence-corrected chi connectivity index (χ3v) is 6.74. The lowest BCUT2D eigenvalue weighted by Crippen LogP contribution is -2.44. The van der Waals surface area contributed by atoms with Gasteiger partial charge in [0, 0.05) is 13.0 Å². The highest BCUT2D eigenvalue weighted by atomic mass is 16.6. The summed E-state index contributed by atoms with van der Waals surface area (Å²) in [6.07, 6.45) is 1.88. The minimum absolute atomic E-state index is 0.0440. The molecule has 0 aliphatic heterocycles. The minimum atomic E-state index is -0.457. The molecule has 4 atom stereocenters. The molecule has 2 aromatic rings. The first-order chi connectivity index (χ1) is 18.0. The second kappa shape index (κ2) is 13.5. The molecular weight excluding hydrogens is 482 g/mol. The number of amides is 1. The van der Waals surface area contributed by atoms with Gasteiger partial charge in [-0.15, -0.1) is 0 Å². The minimum Gasteiger partial charge on any atom is -0.490 e. The third-order valence-electron chi connectivity index (χ3n) is 6.74. The van der Waals surface area contributed by atoms with E-state index in [9.17, 15) is 9.59 Å². The largest absolute Gasteiger partial charge is 0.490 e. The van der Waals surface area contributed by atoms with E-state index < -0.39 is 6.09 Å². The predicted molar refractivity (Wildman–Crippen MR) is 147 cm³/mol. The molecular formula is C31H43NO6. The van der Waals surface area contributed by atoms with Crippen molar-refractivity contribution in [3.05, 3.63) is 60.7 Å². The van der Waals surface area contributed by atoms with Crippen LogP contribution in [0.5, 0.6) is 11.5 Å². The lowest BCUT2D eigenvalue weighted by atomic mass is 9.60. The van der Waals surface area contributed by atoms with Crippen LogP contribution in [-0.2, 0) is 14.3 Å². The van der Waals surface area contributed by atoms with Gasteiger partial charge in [0.15, 0.2) is 0 Å². The number of hydrogen-bond acceptors (Lipinski definition) is 6. The SMILES string of the molecule is CC(COc1ccccc1)OC(=O)CC1CC(C)(C)CC(C)(CNC(=O)OC(C)COc2ccccc2)C1. The second-order valence-corrected chi connectivity index (χ2v) is 11.7. The third kappa shape index (κ3) is 10.3. The Morgan fingerprint density at radius 1 is 0.842 bits per heavy atom. The number of carbonyl (C=O) groups excluding carboxylic acids is 2. The summed E-state index contributed by atoms with van der Waals surface area (Å²) in [5.41, 5.74) is -0.111. The molecule has 0 bridgehead atoms. The zero-order valence-corrected chi connectivity index (χ0v) is 23.4. The number of nitrogens with one attached hydrogen (secondary N) is 1. The van der Waals surface area contributed by atoms with Gasteiger partial charge in [-0.2, -0.15) is 0 Å². The van der Waals surface area contributed by atoms with Gasteiger partial charge < -0.3 is 24.3 Å². The van der Waals surface area contributed by atoms with Crippen LogP contribution in [0.15, 0.2) is 60.7 Å². The van der Waals surface area contributed by atoms with E-state index >= 15 is 0 Å². The molecule has 4 unspecified atom stereocenters. The van der Waals surface area contributed by atoms with Gasteiger partial charge in [0.1, 0.15) is 36.9 Å². The Morgan fingerprint density at radius 2 is 1.37 bits per heavy atom. The van der Waals surface area contributed by atoms with Gasteiger partial charge in [-0.3, -0.25) is 4.79 Å². The fourth-order valence-electron chi connectivity index (χ4n) is 5.68. The molecule has 1 fully saturated rings. The maximum Gasteiger partial charge on any atom is 0.407 e. The van der Waals surface area contributed by atoms with E-state index in [0.29, 0.717) is 19.6 Å². The topological polar surface area (TPSA) is 83.1 Å². The second-order valence-electron chi connectivity index (χ2n) is 11.7. The standard InChI is InChI=1S/C31H43NO6/c1-23(19-35-26-12-8-6-9-13-26)37-28(33)16-25-17-30(3,4)21-31(5,18-25)22-32-29(34)38-24(2)20-36-27-14-10-7-11-15-27/h6-15,23-25H,16-22H2,1-5H3,(H,32,34). The monoisotopic (exact) mass is 525 g/mol. The van der Waals surface area contributed by atoms with Crippen molar-refractivity contribution < 1.29 is 28.5 Å². The van der Waals surface area contributed by atoms with E-state index in [1.165, 1.54) is 0 Å². The maximum absolute atomic E-state index is 12.7. The molecule has 3 rings (SSSR count). The molecule has 7 nitrogen and oxygen atoms in total. The number of rotatable bonds is 12. The van der Waals surface area contributed by atoms with Crippen LogP contribution in [0.2, 0.25) is 0 Å². The highest BCUT2D eigenvalue weighted by molar-refractivity contribution is 5.70. The first-order valence-electron chi connectivity index (χ1n) is 13.5. The van der Waals surface area contributed by atoms with Crippen molar-refractivity contribution in [1.29, 1.82) is 0 Å². The molecule has 1 amide bonds. The van der Waals surface area contributed by atoms with Crippen LogP contribution in [-0.4, -0.2) is 44.0 Å². The van der Waals surface area contributed by atoms with Gasteiger partial charge in [-0.05, 0) is 74.1 Å². The van der Waals surface area contributed by atoms with Crippen molar-refractivity contribution in [3.8, 4) is 11.5 Å². The summed E-state index contributed by atoms with van der Waals surface area (Å²) in [4.78, 5) is 25.2. The van der Waals surface area contributed by atoms with Gasteiger partial charge in [-0.25, -0.2) is 4.79 Å². The molecule has 0 heterocycles. The number of ether oxygens (including phenoxy) is 4. The molecule has 7 heteroatoms. The summed E-state index contributed by atoms with van der Waals surface area (Å²) in [5, 5.41) is 2.95. The van der Waals surface area contributed by atoms with Crippen LogP contribution in [0.25, 0.3) is 0 Å². The fourth-order valence-corrected chi connectivity index (χ4v) is 5.68. The average Bonchev–Trinajstić information content (AvgIpc) is 2.85. The smallest absolute Gasteiger partial charge is 0.407 e. The van der Waals surface area contributed by atoms with Crippen molar-refractivity contribution in [3.63, 3.8) is 0 Å². The van der Waals surface area contributed by atoms with E-state index in [0.717, 1.165) is 30.8 Å². The number of esters is 1. The van der Waals surface area contributed by atoms with Crippen LogP contribution in [0.3, 0.4) is 0 Å². The highest BCUT2D eigenvalue weighted by Crippen LogP contribution is 2.49. The first-order valence-corrected chi connectivity index (χ1v) is 13.5. The Kier molecular flexibility index (Phi) is 10.5. The molecule has 38 heavy (non-hydrogen) atoms. The Bertz CT molecular complexity index is 1010. The summed E-state index contributed by atoms with van der Waals surface area (Å²) in [6.45, 7) is 11.3. The summed E-state index contributed by atoms with van der Waals surface area (Å²) in [7, 11) is 0. The molecule has 0 radical (unpaired) electrons. The Morgan fingerprint density at radius 3 is 1.92 bits per heavy atom. The molecule has 0 aromatic heterocycles. The summed E-state index contributed by atoms with van der Waals surface area (Å²) < 4.78 is 22.5. The van der Waals surface area contributed by atoms with Crippen LogP contribution in [0, 0.1) is 16.7 Å². The number of alkyl carbamates (subject to hydrolysis) is 1. The number of carbonyl (C=O) groups is 2. The Labute approximate surface area is 227 Å². The van der Waals surface area contributed by atoms with E-state index in [1.807, 2.05) is 74.5 Å². The number of benzene rings is 2. The summed E-state index contributed by atoms with van der Waals surface area (Å²) in [5.74, 6) is 1.46. The van der Waals surface area contributed by atoms with E-state index in [2.05, 4.69) is 26.1 Å². The van der Waals surface area contributed by atoms with Gasteiger partial charge in [0.25, 0.3) is 0 Å². The van der Waals surface area contributed by atoms with E-state index in [4.69, 9.17) is 18.9 Å². The Balaban J connectivity index is 1.43. The molecule has 0 saturated heterocycles. The molecule has 2 aromatic carbocycles. The van der Waals surface area contributed by atoms with Crippen molar-refractivity contribution in [2.45, 2.75) is 72.5 Å². The zero-order chi connectivity index (χ0) is 27.6. The Hall–Kier alpha value is -3.22. The van der Waals surface area contributed by atoms with E-state index in [1.54, 1.807) is 0 Å². The maximum atomic E-state index is 12.7. The van der Waals surface area contributed by atoms with Crippen molar-refractivity contribution in [2.24, 2.45) is 16.7 Å². The molecule has 1 N–H and O–H groups in total. The zero-order valence-electron chi connectivity index (χ0n) is 23.4. The highest BCUT2D eigenvalue weighted by Gasteiger charge is 2.42. The summed E-state index contributed by atoms with van der Waals surface area (Å²) >= 11 is 0. The van der Waals surface area contributed by atoms with Crippen LogP contribution in [0.4, 0.5) is 4.79 Å². The predicted octanol–water partition coefficient (Wildman–Crippen LogP) is 6.41. The first kappa shape index (κ1) is 29.3. The fraction of sp³-hybridized carbons (Fsp3) is 0.548. The van der Waals surface area contributed by atoms with Crippen LogP contribution < -0.4 is 14.8 Å². The van der Waals surface area contributed by atoms with Gasteiger partial charge in [0.05, 0.1) is 0 Å². The van der Waals surface area contributed by atoms with Crippen LogP contribution in [0.1, 0.15) is 60.3 Å². The van der Waals surface area contributed by atoms with Crippen molar-refractivity contribution in [1.82, 2.24) is 5.32 Å². The lowest BCUT2D eigenvalue weighted by Gasteiger charge is -2.46. The summed E-state index contributed by atoms with van der Waals surface area (Å²) in [6, 6.07) is 18.9. The molecule has 1 aliphatic carbocycles. The number of hydrogen-bond donors (Lipinski definition) is 1. The van der Waals surface area contributed by atoms with Crippen LogP contribution >= 0.6 is 0 Å². The molecule has 208 valence electrons. The van der Waals surface area contributed by atoms with Gasteiger partial charge in [-0.1, -0.05) is 57.2 Å². The average molecular weight is 526 g/mol. The van der Waals surface area contributed by atoms with Crippen molar-refractivity contribution >= 4 is 12.1 Å². The lowest BCUT2D eigenvalue weighted by molar-refractivity contribution is -0.151. The molecule has 1 aliphatic rings. The molecule has 1 saturated carbocycles. The van der Waals surface area contributed by atoms with Crippen molar-refractivity contribution in [2.75, 3.05) is 19.8 Å². The quantitative estimate of drug-likeness (QED) is 0.322. The number of para-hydroxylation sites is 2. The normalized spacial score (nSPS) is 22.0.